The summed E-state index contributed by atoms with van der Waals surface area (Å²) in [5.41, 5.74) is 1.23. The summed E-state index contributed by atoms with van der Waals surface area (Å²) >= 11 is 1.54. The van der Waals surface area contributed by atoms with E-state index in [0.29, 0.717) is 5.78 Å². The quantitative estimate of drug-likeness (QED) is 0.673. The van der Waals surface area contributed by atoms with Crippen molar-refractivity contribution in [3.63, 3.8) is 0 Å². The van der Waals surface area contributed by atoms with Crippen LogP contribution in [0.2, 0.25) is 0 Å². The molecule has 4 rings (SSSR count). The molecule has 0 bridgehead atoms. The molecule has 1 aliphatic heterocycles. The summed E-state index contributed by atoms with van der Waals surface area (Å²) in [6, 6.07) is 4.02. The lowest BCUT2D eigenvalue weighted by Gasteiger charge is -2.35. The van der Waals surface area contributed by atoms with Crippen LogP contribution >= 0.6 is 11.3 Å². The van der Waals surface area contributed by atoms with E-state index in [-0.39, 0.29) is 5.78 Å². The van der Waals surface area contributed by atoms with Gasteiger partial charge in [-0.25, -0.2) is 4.98 Å². The number of hydrogen-bond acceptors (Lipinski definition) is 7. The van der Waals surface area contributed by atoms with E-state index in [1.54, 1.807) is 19.4 Å². The molecule has 1 fully saturated rings. The number of thiophene rings is 1. The number of aromatic nitrogens is 4. The minimum absolute atomic E-state index is 0.145. The van der Waals surface area contributed by atoms with Crippen LogP contribution in [0.4, 0.5) is 5.82 Å². The Morgan fingerprint density at radius 1 is 1.29 bits per heavy atom. The molecule has 7 nitrogen and oxygen atoms in total. The van der Waals surface area contributed by atoms with Crippen molar-refractivity contribution in [1.82, 2.24) is 24.5 Å². The zero-order chi connectivity index (χ0) is 16.5. The Bertz CT molecular complexity index is 864. The van der Waals surface area contributed by atoms with Crippen molar-refractivity contribution in [1.29, 1.82) is 0 Å². The van der Waals surface area contributed by atoms with Crippen LogP contribution in [-0.4, -0.2) is 56.4 Å². The first-order valence-corrected chi connectivity index (χ1v) is 8.79. The van der Waals surface area contributed by atoms with E-state index in [9.17, 15) is 4.79 Å². The highest BCUT2D eigenvalue weighted by Gasteiger charge is 2.20. The van der Waals surface area contributed by atoms with Crippen molar-refractivity contribution in [3.8, 4) is 0 Å². The van der Waals surface area contributed by atoms with Crippen molar-refractivity contribution in [2.24, 2.45) is 0 Å². The van der Waals surface area contributed by atoms with Crippen LogP contribution in [0, 0.1) is 0 Å². The summed E-state index contributed by atoms with van der Waals surface area (Å²) < 4.78 is 1.92. The third kappa shape index (κ3) is 2.90. The Morgan fingerprint density at radius 3 is 2.88 bits per heavy atom. The highest BCUT2D eigenvalue weighted by Crippen LogP contribution is 2.20. The molecule has 0 radical (unpaired) electrons. The summed E-state index contributed by atoms with van der Waals surface area (Å²) in [6.45, 7) is 6.38. The zero-order valence-electron chi connectivity index (χ0n) is 13.4. The second-order valence-electron chi connectivity index (χ2n) is 5.94. The van der Waals surface area contributed by atoms with Crippen molar-refractivity contribution in [2.45, 2.75) is 13.5 Å². The maximum atomic E-state index is 11.4. The number of anilines is 1. The van der Waals surface area contributed by atoms with Gasteiger partial charge >= 0.3 is 0 Å². The summed E-state index contributed by atoms with van der Waals surface area (Å²) in [6.07, 6.45) is 3.49. The number of carbonyl (C=O) groups is 1. The molecule has 0 saturated carbocycles. The lowest BCUT2D eigenvalue weighted by molar-refractivity contribution is 0.102. The van der Waals surface area contributed by atoms with Crippen LogP contribution in [0.5, 0.6) is 0 Å². The number of carbonyl (C=O) groups excluding carboxylic acids is 1. The molecule has 0 aliphatic carbocycles. The fraction of sp³-hybridized carbons (Fsp3) is 0.375. The summed E-state index contributed by atoms with van der Waals surface area (Å²) in [5, 5.41) is 10.0. The minimum atomic E-state index is 0.145. The van der Waals surface area contributed by atoms with Crippen LogP contribution in [0.15, 0.2) is 30.0 Å². The minimum Gasteiger partial charge on any atom is -0.355 e. The van der Waals surface area contributed by atoms with Gasteiger partial charge in [-0.3, -0.25) is 14.1 Å². The standard InChI is InChI=1S/C16H18N6OS/c1-12(23)14-8-13(10-24-14)9-20-4-6-21(7-5-20)15-2-3-17-16-19-18-11-22(15)16/h2-3,8,10-11H,4-7,9H2,1H3. The molecule has 0 atom stereocenters. The first-order chi connectivity index (χ1) is 11.7. The second kappa shape index (κ2) is 6.29. The van der Waals surface area contributed by atoms with Gasteiger partial charge in [0.1, 0.15) is 12.1 Å². The monoisotopic (exact) mass is 342 g/mol. The molecule has 0 amide bonds. The molecule has 0 unspecified atom stereocenters. The summed E-state index contributed by atoms with van der Waals surface area (Å²) in [7, 11) is 0. The Morgan fingerprint density at radius 2 is 2.12 bits per heavy atom. The maximum absolute atomic E-state index is 11.4. The highest BCUT2D eigenvalue weighted by molar-refractivity contribution is 7.12. The molecule has 0 aromatic carbocycles. The second-order valence-corrected chi connectivity index (χ2v) is 6.85. The topological polar surface area (TPSA) is 66.6 Å². The third-order valence-corrected chi connectivity index (χ3v) is 5.37. The van der Waals surface area contributed by atoms with E-state index in [2.05, 4.69) is 30.4 Å². The SMILES string of the molecule is CC(=O)c1cc(CN2CCN(c3ccnc4nncn34)CC2)cs1. The van der Waals surface area contributed by atoms with Crippen LogP contribution in [0.1, 0.15) is 22.2 Å². The van der Waals surface area contributed by atoms with Gasteiger partial charge in [0, 0.05) is 38.9 Å². The van der Waals surface area contributed by atoms with Crippen LogP contribution in [0.25, 0.3) is 5.78 Å². The third-order valence-electron chi connectivity index (χ3n) is 4.29. The number of fused-ring (bicyclic) bond motifs is 1. The lowest BCUT2D eigenvalue weighted by Crippen LogP contribution is -2.46. The molecule has 3 aromatic heterocycles. The van der Waals surface area contributed by atoms with Gasteiger partial charge in [0.15, 0.2) is 5.78 Å². The largest absolute Gasteiger partial charge is 0.355 e. The van der Waals surface area contributed by atoms with Gasteiger partial charge in [-0.05, 0) is 30.0 Å². The fourth-order valence-corrected chi connectivity index (χ4v) is 3.83. The van der Waals surface area contributed by atoms with Crippen LogP contribution in [-0.2, 0) is 6.54 Å². The van der Waals surface area contributed by atoms with E-state index in [0.717, 1.165) is 43.4 Å². The van der Waals surface area contributed by atoms with Crippen molar-refractivity contribution in [2.75, 3.05) is 31.1 Å². The predicted molar refractivity (Wildman–Crippen MR) is 92.6 cm³/mol. The Kier molecular flexibility index (Phi) is 3.99. The number of ketones is 1. The molecular weight excluding hydrogens is 324 g/mol. The molecule has 24 heavy (non-hydrogen) atoms. The van der Waals surface area contributed by atoms with Crippen LogP contribution in [0.3, 0.4) is 0 Å². The average Bonchev–Trinajstić information content (AvgIpc) is 3.24. The smallest absolute Gasteiger partial charge is 0.256 e. The normalized spacial score (nSPS) is 16.0. The number of rotatable bonds is 4. The van der Waals surface area contributed by atoms with Crippen molar-refractivity contribution >= 4 is 28.7 Å². The van der Waals surface area contributed by atoms with E-state index < -0.39 is 0 Å². The lowest BCUT2D eigenvalue weighted by atomic mass is 10.2. The van der Waals surface area contributed by atoms with Gasteiger partial charge in [0.25, 0.3) is 5.78 Å². The van der Waals surface area contributed by atoms with Gasteiger partial charge in [0.2, 0.25) is 0 Å². The Balaban J connectivity index is 1.41. The Labute approximate surface area is 143 Å². The van der Waals surface area contributed by atoms with E-state index in [1.807, 2.05) is 16.5 Å². The average molecular weight is 342 g/mol. The van der Waals surface area contributed by atoms with Gasteiger partial charge in [-0.1, -0.05) is 0 Å². The van der Waals surface area contributed by atoms with Gasteiger partial charge in [-0.2, -0.15) is 0 Å². The first-order valence-electron chi connectivity index (χ1n) is 7.91. The molecule has 124 valence electrons. The number of Topliss-reactive ketones (excluding diaryl/α,β-unsaturated/α-hetero) is 1. The number of hydrogen-bond donors (Lipinski definition) is 0. The zero-order valence-corrected chi connectivity index (χ0v) is 14.2. The highest BCUT2D eigenvalue weighted by atomic mass is 32.1. The van der Waals surface area contributed by atoms with E-state index >= 15 is 0 Å². The molecule has 1 aliphatic rings. The fourth-order valence-electron chi connectivity index (χ4n) is 3.02. The van der Waals surface area contributed by atoms with Gasteiger partial charge < -0.3 is 4.90 Å². The number of piperazine rings is 1. The molecule has 4 heterocycles. The van der Waals surface area contributed by atoms with Gasteiger partial charge in [0.05, 0.1) is 4.88 Å². The molecule has 0 spiro atoms. The molecular formula is C16H18N6OS. The maximum Gasteiger partial charge on any atom is 0.256 e. The van der Waals surface area contributed by atoms with Gasteiger partial charge in [-0.15, -0.1) is 21.5 Å². The van der Waals surface area contributed by atoms with Crippen LogP contribution < -0.4 is 4.90 Å². The number of nitrogens with zero attached hydrogens (tertiary/aromatic N) is 6. The summed E-state index contributed by atoms with van der Waals surface area (Å²) in [5.74, 6) is 1.86. The predicted octanol–water partition coefficient (Wildman–Crippen LogP) is 1.71. The van der Waals surface area contributed by atoms with Crippen molar-refractivity contribution in [3.05, 3.63) is 40.5 Å². The molecule has 3 aromatic rings. The molecule has 1 saturated heterocycles. The van der Waals surface area contributed by atoms with E-state index in [4.69, 9.17) is 0 Å². The molecule has 0 N–H and O–H groups in total. The van der Waals surface area contributed by atoms with Crippen molar-refractivity contribution < 1.29 is 4.79 Å². The Hall–Kier alpha value is -2.32. The molecule has 8 heteroatoms. The first kappa shape index (κ1) is 15.2. The summed E-state index contributed by atoms with van der Waals surface area (Å²) in [4.78, 5) is 21.2. The van der Waals surface area contributed by atoms with E-state index in [1.165, 1.54) is 16.9 Å².